The minimum atomic E-state index is 0.383. The molecule has 2 aromatic rings. The molecule has 1 N–H and O–H groups in total. The Hall–Kier alpha value is -1.67. The van der Waals surface area contributed by atoms with E-state index in [1.807, 2.05) is 25.5 Å². The molecule has 1 unspecified atom stereocenters. The van der Waals surface area contributed by atoms with E-state index in [9.17, 15) is 0 Å². The third-order valence-corrected chi connectivity index (χ3v) is 3.20. The number of aromatic nitrogens is 1. The van der Waals surface area contributed by atoms with E-state index in [0.29, 0.717) is 6.04 Å². The number of nitrogens with one attached hydrogen (secondary N) is 1. The van der Waals surface area contributed by atoms with E-state index in [1.165, 1.54) is 21.9 Å². The maximum atomic E-state index is 4.29. The fourth-order valence-corrected chi connectivity index (χ4v) is 1.85. The van der Waals surface area contributed by atoms with Crippen LogP contribution in [0.2, 0.25) is 0 Å². The van der Waals surface area contributed by atoms with Crippen molar-refractivity contribution in [3.05, 3.63) is 47.8 Å². The zero-order chi connectivity index (χ0) is 12.3. The lowest BCUT2D eigenvalue weighted by atomic mass is 10.0. The second kappa shape index (κ2) is 5.11. The molecule has 0 saturated carbocycles. The minimum absolute atomic E-state index is 0.383. The topological polar surface area (TPSA) is 24.9 Å². The minimum Gasteiger partial charge on any atom is -0.314 e. The van der Waals surface area contributed by atoms with Gasteiger partial charge in [0.2, 0.25) is 0 Å². The van der Waals surface area contributed by atoms with Crippen LogP contribution in [0.25, 0.3) is 16.8 Å². The van der Waals surface area contributed by atoms with Gasteiger partial charge in [0.1, 0.15) is 0 Å². The standard InChI is InChI=1S/C15H18N2/c1-11(12(2)16-3)8-14-10-17-9-13-6-4-5-7-15(13)14/h4-10,12,16H,1-3H3/b11-8+. The van der Waals surface area contributed by atoms with E-state index in [2.05, 4.69) is 48.4 Å². The summed E-state index contributed by atoms with van der Waals surface area (Å²) in [6, 6.07) is 8.72. The van der Waals surface area contributed by atoms with E-state index < -0.39 is 0 Å². The average Bonchev–Trinajstić information content (AvgIpc) is 2.38. The van der Waals surface area contributed by atoms with Crippen LogP contribution in [-0.2, 0) is 0 Å². The highest BCUT2D eigenvalue weighted by atomic mass is 14.9. The molecule has 1 aromatic heterocycles. The molecule has 0 radical (unpaired) electrons. The number of hydrogen-bond acceptors (Lipinski definition) is 2. The van der Waals surface area contributed by atoms with Crippen LogP contribution in [0.4, 0.5) is 0 Å². The second-order valence-corrected chi connectivity index (χ2v) is 4.35. The molecule has 0 aliphatic heterocycles. The van der Waals surface area contributed by atoms with Crippen LogP contribution in [0.15, 0.2) is 42.2 Å². The number of nitrogens with zero attached hydrogens (tertiary/aromatic N) is 1. The molecular formula is C15H18N2. The predicted molar refractivity (Wildman–Crippen MR) is 73.9 cm³/mol. The summed E-state index contributed by atoms with van der Waals surface area (Å²) in [6.07, 6.45) is 6.04. The van der Waals surface area contributed by atoms with Gasteiger partial charge in [-0.05, 0) is 26.3 Å². The molecular weight excluding hydrogens is 208 g/mol. The van der Waals surface area contributed by atoms with Gasteiger partial charge < -0.3 is 5.32 Å². The van der Waals surface area contributed by atoms with Gasteiger partial charge in [0.15, 0.2) is 0 Å². The zero-order valence-electron chi connectivity index (χ0n) is 10.6. The van der Waals surface area contributed by atoms with Gasteiger partial charge in [-0.15, -0.1) is 0 Å². The van der Waals surface area contributed by atoms with Crippen molar-refractivity contribution in [2.75, 3.05) is 7.05 Å². The predicted octanol–water partition coefficient (Wildman–Crippen LogP) is 3.25. The highest BCUT2D eigenvalue weighted by Gasteiger charge is 2.03. The van der Waals surface area contributed by atoms with Crippen LogP contribution in [0, 0.1) is 0 Å². The molecule has 2 heteroatoms. The Morgan fingerprint density at radius 3 is 2.82 bits per heavy atom. The maximum Gasteiger partial charge on any atom is 0.0346 e. The van der Waals surface area contributed by atoms with Crippen molar-refractivity contribution in [2.24, 2.45) is 0 Å². The molecule has 1 atom stereocenters. The van der Waals surface area contributed by atoms with Crippen LogP contribution in [-0.4, -0.2) is 18.1 Å². The van der Waals surface area contributed by atoms with Gasteiger partial charge in [0.05, 0.1) is 0 Å². The third-order valence-electron chi connectivity index (χ3n) is 3.20. The van der Waals surface area contributed by atoms with E-state index in [1.54, 1.807) is 0 Å². The van der Waals surface area contributed by atoms with Gasteiger partial charge in [-0.2, -0.15) is 0 Å². The van der Waals surface area contributed by atoms with Gasteiger partial charge in [0, 0.05) is 29.4 Å². The first-order valence-electron chi connectivity index (χ1n) is 5.90. The molecule has 2 nitrogen and oxygen atoms in total. The average molecular weight is 226 g/mol. The van der Waals surface area contributed by atoms with E-state index >= 15 is 0 Å². The molecule has 0 bridgehead atoms. The van der Waals surface area contributed by atoms with Gasteiger partial charge in [0.25, 0.3) is 0 Å². The third kappa shape index (κ3) is 2.53. The molecule has 0 amide bonds. The number of hydrogen-bond donors (Lipinski definition) is 1. The molecule has 88 valence electrons. The van der Waals surface area contributed by atoms with Crippen molar-refractivity contribution in [2.45, 2.75) is 19.9 Å². The van der Waals surface area contributed by atoms with E-state index in [-0.39, 0.29) is 0 Å². The Morgan fingerprint density at radius 2 is 2.06 bits per heavy atom. The fraction of sp³-hybridized carbons (Fsp3) is 0.267. The van der Waals surface area contributed by atoms with Gasteiger partial charge in [-0.1, -0.05) is 35.9 Å². The Morgan fingerprint density at radius 1 is 1.29 bits per heavy atom. The first kappa shape index (κ1) is 11.8. The summed E-state index contributed by atoms with van der Waals surface area (Å²) in [5.74, 6) is 0. The lowest BCUT2D eigenvalue weighted by Gasteiger charge is -2.11. The Bertz CT molecular complexity index is 538. The molecule has 0 saturated heterocycles. The van der Waals surface area contributed by atoms with Crippen LogP contribution in [0.5, 0.6) is 0 Å². The molecule has 1 heterocycles. The Labute approximate surface area is 102 Å². The highest BCUT2D eigenvalue weighted by Crippen LogP contribution is 2.20. The van der Waals surface area contributed by atoms with Crippen molar-refractivity contribution in [1.29, 1.82) is 0 Å². The van der Waals surface area contributed by atoms with Crippen LogP contribution < -0.4 is 5.32 Å². The summed E-state index contributed by atoms with van der Waals surface area (Å²) in [4.78, 5) is 4.29. The van der Waals surface area contributed by atoms with Crippen molar-refractivity contribution >= 4 is 16.8 Å². The molecule has 17 heavy (non-hydrogen) atoms. The van der Waals surface area contributed by atoms with Crippen LogP contribution in [0.3, 0.4) is 0 Å². The summed E-state index contributed by atoms with van der Waals surface area (Å²) in [5.41, 5.74) is 2.49. The van der Waals surface area contributed by atoms with Crippen molar-refractivity contribution < 1.29 is 0 Å². The van der Waals surface area contributed by atoms with Gasteiger partial charge >= 0.3 is 0 Å². The van der Waals surface area contributed by atoms with Crippen molar-refractivity contribution in [3.63, 3.8) is 0 Å². The lowest BCUT2D eigenvalue weighted by Crippen LogP contribution is -2.21. The van der Waals surface area contributed by atoms with Crippen molar-refractivity contribution in [1.82, 2.24) is 10.3 Å². The molecule has 0 spiro atoms. The summed E-state index contributed by atoms with van der Waals surface area (Å²) in [5, 5.41) is 5.69. The molecule has 0 aliphatic carbocycles. The largest absolute Gasteiger partial charge is 0.314 e. The zero-order valence-corrected chi connectivity index (χ0v) is 10.6. The first-order chi connectivity index (χ1) is 8.22. The number of rotatable bonds is 3. The van der Waals surface area contributed by atoms with Crippen LogP contribution in [0.1, 0.15) is 19.4 Å². The lowest BCUT2D eigenvalue weighted by molar-refractivity contribution is 0.696. The second-order valence-electron chi connectivity index (χ2n) is 4.35. The molecule has 2 rings (SSSR count). The normalized spacial score (nSPS) is 13.9. The van der Waals surface area contributed by atoms with Crippen molar-refractivity contribution in [3.8, 4) is 0 Å². The number of likely N-dealkylation sites (N-methyl/N-ethyl adjacent to an activating group) is 1. The summed E-state index contributed by atoms with van der Waals surface area (Å²) in [6.45, 7) is 4.30. The monoisotopic (exact) mass is 226 g/mol. The van der Waals surface area contributed by atoms with Gasteiger partial charge in [-0.3, -0.25) is 4.98 Å². The summed E-state index contributed by atoms with van der Waals surface area (Å²) < 4.78 is 0. The number of benzene rings is 1. The van der Waals surface area contributed by atoms with E-state index in [0.717, 1.165) is 0 Å². The Balaban J connectivity index is 2.49. The smallest absolute Gasteiger partial charge is 0.0346 e. The maximum absolute atomic E-state index is 4.29. The fourth-order valence-electron chi connectivity index (χ4n) is 1.85. The number of fused-ring (bicyclic) bond motifs is 1. The highest BCUT2D eigenvalue weighted by molar-refractivity contribution is 5.89. The quantitative estimate of drug-likeness (QED) is 0.869. The summed E-state index contributed by atoms with van der Waals surface area (Å²) >= 11 is 0. The molecule has 0 fully saturated rings. The van der Waals surface area contributed by atoms with Gasteiger partial charge in [-0.25, -0.2) is 0 Å². The summed E-state index contributed by atoms with van der Waals surface area (Å²) in [7, 11) is 1.98. The molecule has 1 aromatic carbocycles. The van der Waals surface area contributed by atoms with E-state index in [4.69, 9.17) is 0 Å². The number of pyridine rings is 1. The first-order valence-corrected chi connectivity index (χ1v) is 5.90. The SMILES string of the molecule is CNC(C)/C(C)=C/c1cncc2ccccc12. The molecule has 0 aliphatic rings. The van der Waals surface area contributed by atoms with Crippen LogP contribution >= 0.6 is 0 Å². The Kier molecular flexibility index (Phi) is 3.55.